The number of hydrogen-bond acceptors (Lipinski definition) is 4. The highest BCUT2D eigenvalue weighted by atomic mass is 32.2. The SMILES string of the molecule is COc1ccccc1N(CCNS(=O)(=O)N(C)C)C(C)=O. The summed E-state index contributed by atoms with van der Waals surface area (Å²) in [5.74, 6) is 0.367. The van der Waals surface area contributed by atoms with Crippen LogP contribution >= 0.6 is 0 Å². The van der Waals surface area contributed by atoms with Crippen molar-refractivity contribution in [2.75, 3.05) is 39.2 Å². The predicted molar refractivity (Wildman–Crippen MR) is 81.6 cm³/mol. The van der Waals surface area contributed by atoms with E-state index in [1.54, 1.807) is 24.3 Å². The highest BCUT2D eigenvalue weighted by Crippen LogP contribution is 2.27. The Balaban J connectivity index is 2.83. The van der Waals surface area contributed by atoms with Gasteiger partial charge in [-0.3, -0.25) is 4.79 Å². The van der Waals surface area contributed by atoms with E-state index in [0.717, 1.165) is 4.31 Å². The van der Waals surface area contributed by atoms with Crippen LogP contribution in [0.2, 0.25) is 0 Å². The quantitative estimate of drug-likeness (QED) is 0.792. The van der Waals surface area contributed by atoms with E-state index in [1.165, 1.54) is 33.0 Å². The van der Waals surface area contributed by atoms with Gasteiger partial charge in [-0.1, -0.05) is 12.1 Å². The standard InChI is InChI=1S/C13H21N3O4S/c1-11(17)16(10-9-14-21(18,19)15(2)3)12-7-5-6-8-13(12)20-4/h5-8,14H,9-10H2,1-4H3. The van der Waals surface area contributed by atoms with E-state index < -0.39 is 10.2 Å². The zero-order valence-electron chi connectivity index (χ0n) is 12.7. The fourth-order valence-electron chi connectivity index (χ4n) is 1.72. The summed E-state index contributed by atoms with van der Waals surface area (Å²) in [7, 11) is 0.888. The highest BCUT2D eigenvalue weighted by Gasteiger charge is 2.17. The lowest BCUT2D eigenvalue weighted by atomic mass is 10.2. The number of ether oxygens (including phenoxy) is 1. The molecule has 0 aliphatic heterocycles. The van der Waals surface area contributed by atoms with Crippen LogP contribution in [-0.4, -0.2) is 52.9 Å². The van der Waals surface area contributed by atoms with Crippen LogP contribution in [0.25, 0.3) is 0 Å². The number of nitrogens with zero attached hydrogens (tertiary/aromatic N) is 2. The van der Waals surface area contributed by atoms with Crippen molar-refractivity contribution >= 4 is 21.8 Å². The summed E-state index contributed by atoms with van der Waals surface area (Å²) in [5.41, 5.74) is 0.608. The Kier molecular flexibility index (Phi) is 6.13. The molecule has 1 N–H and O–H groups in total. The minimum Gasteiger partial charge on any atom is -0.495 e. The van der Waals surface area contributed by atoms with Gasteiger partial charge in [0.15, 0.2) is 0 Å². The van der Waals surface area contributed by atoms with Crippen molar-refractivity contribution in [3.05, 3.63) is 24.3 Å². The molecule has 0 aliphatic rings. The summed E-state index contributed by atoms with van der Waals surface area (Å²) in [6.07, 6.45) is 0. The molecule has 0 aromatic heterocycles. The molecule has 0 unspecified atom stereocenters. The molecule has 21 heavy (non-hydrogen) atoms. The zero-order chi connectivity index (χ0) is 16.0. The molecule has 0 fully saturated rings. The van der Waals surface area contributed by atoms with E-state index in [2.05, 4.69) is 4.72 Å². The molecule has 0 saturated heterocycles. The van der Waals surface area contributed by atoms with E-state index >= 15 is 0 Å². The van der Waals surface area contributed by atoms with E-state index in [4.69, 9.17) is 4.74 Å². The minimum absolute atomic E-state index is 0.109. The maximum Gasteiger partial charge on any atom is 0.278 e. The molecule has 0 heterocycles. The number of carbonyl (C=O) groups is 1. The maximum atomic E-state index is 11.8. The number of methoxy groups -OCH3 is 1. The van der Waals surface area contributed by atoms with Gasteiger partial charge in [0.2, 0.25) is 5.91 Å². The highest BCUT2D eigenvalue weighted by molar-refractivity contribution is 7.87. The first kappa shape index (κ1) is 17.4. The third-order valence-corrected chi connectivity index (χ3v) is 4.39. The molecule has 1 aromatic rings. The molecule has 0 aliphatic carbocycles. The Bertz CT molecular complexity index is 587. The molecule has 0 radical (unpaired) electrons. The normalized spacial score (nSPS) is 11.5. The number of anilines is 1. The number of benzene rings is 1. The molecule has 0 atom stereocenters. The van der Waals surface area contributed by atoms with Gasteiger partial charge < -0.3 is 9.64 Å². The second kappa shape index (κ2) is 7.39. The summed E-state index contributed by atoms with van der Waals surface area (Å²) >= 11 is 0. The van der Waals surface area contributed by atoms with Crippen LogP contribution < -0.4 is 14.4 Å². The van der Waals surface area contributed by atoms with Crippen LogP contribution in [0.5, 0.6) is 5.75 Å². The topological polar surface area (TPSA) is 79.0 Å². The van der Waals surface area contributed by atoms with Gasteiger partial charge in [-0.25, -0.2) is 4.72 Å². The van der Waals surface area contributed by atoms with Crippen LogP contribution in [0, 0.1) is 0 Å². The average Bonchev–Trinajstić information content (AvgIpc) is 2.43. The first-order valence-corrected chi connectivity index (χ1v) is 7.82. The second-order valence-corrected chi connectivity index (χ2v) is 6.49. The van der Waals surface area contributed by atoms with Crippen LogP contribution in [-0.2, 0) is 15.0 Å². The monoisotopic (exact) mass is 315 g/mol. The van der Waals surface area contributed by atoms with Crippen LogP contribution in [0.3, 0.4) is 0 Å². The lowest BCUT2D eigenvalue weighted by Crippen LogP contribution is -2.41. The van der Waals surface area contributed by atoms with Crippen molar-refractivity contribution in [1.29, 1.82) is 0 Å². The Morgan fingerprint density at radius 2 is 1.90 bits per heavy atom. The average molecular weight is 315 g/mol. The Morgan fingerprint density at radius 1 is 1.29 bits per heavy atom. The minimum atomic E-state index is -3.50. The maximum absolute atomic E-state index is 11.8. The summed E-state index contributed by atoms with van der Waals surface area (Å²) in [6.45, 7) is 1.74. The number of para-hydroxylation sites is 2. The molecule has 1 rings (SSSR count). The van der Waals surface area contributed by atoms with Gasteiger partial charge >= 0.3 is 0 Å². The fraction of sp³-hybridized carbons (Fsp3) is 0.462. The summed E-state index contributed by atoms with van der Waals surface area (Å²) in [4.78, 5) is 13.3. The van der Waals surface area contributed by atoms with E-state index in [1.807, 2.05) is 0 Å². The second-order valence-electron chi connectivity index (χ2n) is 4.52. The first-order chi connectivity index (χ1) is 9.79. The van der Waals surface area contributed by atoms with Crippen molar-refractivity contribution in [1.82, 2.24) is 9.03 Å². The smallest absolute Gasteiger partial charge is 0.278 e. The summed E-state index contributed by atoms with van der Waals surface area (Å²) in [5, 5.41) is 0. The number of rotatable bonds is 7. The van der Waals surface area contributed by atoms with Crippen molar-refractivity contribution in [2.24, 2.45) is 0 Å². The number of nitrogens with one attached hydrogen (secondary N) is 1. The molecule has 0 spiro atoms. The molecule has 1 aromatic carbocycles. The molecular formula is C13H21N3O4S. The van der Waals surface area contributed by atoms with E-state index in [0.29, 0.717) is 11.4 Å². The van der Waals surface area contributed by atoms with Crippen LogP contribution in [0.15, 0.2) is 24.3 Å². The summed E-state index contributed by atoms with van der Waals surface area (Å²) < 4.78 is 32.0. The Morgan fingerprint density at radius 3 is 2.43 bits per heavy atom. The van der Waals surface area contributed by atoms with Gasteiger partial charge in [-0.05, 0) is 12.1 Å². The van der Waals surface area contributed by atoms with Crippen molar-refractivity contribution in [3.8, 4) is 5.75 Å². The lowest BCUT2D eigenvalue weighted by Gasteiger charge is -2.23. The first-order valence-electron chi connectivity index (χ1n) is 6.38. The van der Waals surface area contributed by atoms with Gasteiger partial charge in [0.25, 0.3) is 10.2 Å². The number of amides is 1. The summed E-state index contributed by atoms with van der Waals surface area (Å²) in [6, 6.07) is 7.09. The predicted octanol–water partition coefficient (Wildman–Crippen LogP) is 0.444. The molecule has 8 heteroatoms. The van der Waals surface area contributed by atoms with Gasteiger partial charge in [0.05, 0.1) is 12.8 Å². The van der Waals surface area contributed by atoms with Gasteiger partial charge in [-0.2, -0.15) is 12.7 Å². The third-order valence-electron chi connectivity index (χ3n) is 2.86. The molecule has 1 amide bonds. The fourth-order valence-corrected chi connectivity index (χ4v) is 2.32. The van der Waals surface area contributed by atoms with Crippen LogP contribution in [0.1, 0.15) is 6.92 Å². The molecule has 7 nitrogen and oxygen atoms in total. The third kappa shape index (κ3) is 4.69. The Labute approximate surface area is 125 Å². The molecule has 118 valence electrons. The number of hydrogen-bond donors (Lipinski definition) is 1. The van der Waals surface area contributed by atoms with E-state index in [-0.39, 0.29) is 19.0 Å². The van der Waals surface area contributed by atoms with Gasteiger partial charge in [0.1, 0.15) is 5.75 Å². The van der Waals surface area contributed by atoms with Crippen molar-refractivity contribution in [3.63, 3.8) is 0 Å². The Hall–Kier alpha value is -1.64. The van der Waals surface area contributed by atoms with Crippen LogP contribution in [0.4, 0.5) is 5.69 Å². The molecule has 0 saturated carbocycles. The number of carbonyl (C=O) groups excluding carboxylic acids is 1. The van der Waals surface area contributed by atoms with Gasteiger partial charge in [-0.15, -0.1) is 0 Å². The lowest BCUT2D eigenvalue weighted by molar-refractivity contribution is -0.116. The largest absolute Gasteiger partial charge is 0.495 e. The van der Waals surface area contributed by atoms with Crippen molar-refractivity contribution < 1.29 is 17.9 Å². The van der Waals surface area contributed by atoms with Gasteiger partial charge in [0, 0.05) is 34.1 Å². The molecular weight excluding hydrogens is 294 g/mol. The van der Waals surface area contributed by atoms with E-state index in [9.17, 15) is 13.2 Å². The zero-order valence-corrected chi connectivity index (χ0v) is 13.5. The molecule has 0 bridgehead atoms. The van der Waals surface area contributed by atoms with Crippen molar-refractivity contribution in [2.45, 2.75) is 6.92 Å².